The minimum Gasteiger partial charge on any atom is -0.455 e. The Morgan fingerprint density at radius 3 is 2.67 bits per heavy atom. The van der Waals surface area contributed by atoms with Gasteiger partial charge in [-0.15, -0.1) is 0 Å². The summed E-state index contributed by atoms with van der Waals surface area (Å²) in [6.07, 6.45) is 3.75. The quantitative estimate of drug-likeness (QED) is 0.320. The molecule has 6 nitrogen and oxygen atoms in total. The molecule has 1 aliphatic heterocycles. The number of amides is 1. The van der Waals surface area contributed by atoms with Crippen molar-refractivity contribution < 1.29 is 9.21 Å². The van der Waals surface area contributed by atoms with Crippen LogP contribution in [0.1, 0.15) is 43.7 Å². The van der Waals surface area contributed by atoms with Crippen molar-refractivity contribution in [3.63, 3.8) is 0 Å². The number of rotatable bonds is 5. The van der Waals surface area contributed by atoms with Gasteiger partial charge < -0.3 is 15.1 Å². The number of carbonyl (C=O) groups excluding carboxylic acids is 1. The monoisotopic (exact) mass is 474 g/mol. The highest BCUT2D eigenvalue weighted by Gasteiger charge is 2.20. The maximum absolute atomic E-state index is 13.2. The number of furan rings is 2. The van der Waals surface area contributed by atoms with Crippen LogP contribution in [0.15, 0.2) is 65.3 Å². The van der Waals surface area contributed by atoms with Crippen molar-refractivity contribution in [2.45, 2.75) is 40.0 Å². The van der Waals surface area contributed by atoms with E-state index in [2.05, 4.69) is 53.8 Å². The van der Waals surface area contributed by atoms with Gasteiger partial charge in [0.05, 0.1) is 6.54 Å². The third kappa shape index (κ3) is 3.22. The highest BCUT2D eigenvalue weighted by atomic mass is 16.3. The molecule has 178 valence electrons. The number of nitrogens with one attached hydrogen (secondary N) is 2. The second-order valence-corrected chi connectivity index (χ2v) is 9.83. The second kappa shape index (κ2) is 7.93. The van der Waals surface area contributed by atoms with E-state index in [1.54, 1.807) is 6.20 Å². The number of carbonyl (C=O) groups is 1. The van der Waals surface area contributed by atoms with Gasteiger partial charge in [0.2, 0.25) is 0 Å². The first-order chi connectivity index (χ1) is 17.6. The maximum Gasteiger partial charge on any atom is 0.251 e. The fourth-order valence-electron chi connectivity index (χ4n) is 5.76. The minimum atomic E-state index is -0.0729. The SMILES string of the molecule is Cc1cc2c(c(C)c1CNC(=O)c1ccc3c(c1)c1oc3c3ccc(Cn4cccn4)cc31)CNC2. The van der Waals surface area contributed by atoms with Gasteiger partial charge in [0.1, 0.15) is 11.2 Å². The summed E-state index contributed by atoms with van der Waals surface area (Å²) >= 11 is 0. The molecule has 3 aromatic carbocycles. The Morgan fingerprint density at radius 1 is 1.03 bits per heavy atom. The van der Waals surface area contributed by atoms with Crippen molar-refractivity contribution >= 4 is 38.6 Å². The number of fused-ring (bicyclic) bond motifs is 9. The van der Waals surface area contributed by atoms with E-state index < -0.39 is 0 Å². The van der Waals surface area contributed by atoms with Gasteiger partial charge in [-0.1, -0.05) is 18.2 Å². The first-order valence-corrected chi connectivity index (χ1v) is 12.3. The van der Waals surface area contributed by atoms with E-state index in [0.717, 1.165) is 51.4 Å². The third-order valence-corrected chi connectivity index (χ3v) is 7.65. The molecule has 4 heterocycles. The van der Waals surface area contributed by atoms with Crippen LogP contribution in [-0.2, 0) is 26.2 Å². The van der Waals surface area contributed by atoms with Crippen molar-refractivity contribution in [1.82, 2.24) is 20.4 Å². The average Bonchev–Trinajstić information content (AvgIpc) is 3.68. The van der Waals surface area contributed by atoms with Crippen molar-refractivity contribution in [1.29, 1.82) is 0 Å². The van der Waals surface area contributed by atoms with Gasteiger partial charge in [-0.3, -0.25) is 9.48 Å². The van der Waals surface area contributed by atoms with E-state index in [4.69, 9.17) is 4.42 Å². The Hall–Kier alpha value is -4.16. The number of benzene rings is 4. The van der Waals surface area contributed by atoms with Crippen molar-refractivity contribution in [2.75, 3.05) is 0 Å². The molecule has 2 N–H and O–H groups in total. The lowest BCUT2D eigenvalue weighted by atomic mass is 9.94. The standard InChI is InChI=1S/C30H26N4O2/c1-17-10-21-13-31-14-27(21)18(2)26(17)15-32-30(35)20-5-7-23-25(12-20)29-24-11-19(16-34-9-3-8-33-34)4-6-22(24)28(23)36-29/h3-12,31H,13-16H2,1-2H3,(H,32,35). The average molecular weight is 475 g/mol. The van der Waals surface area contributed by atoms with Crippen molar-refractivity contribution in [3.05, 3.63) is 99.9 Å². The topological polar surface area (TPSA) is 72.1 Å². The molecule has 0 spiro atoms. The van der Waals surface area contributed by atoms with Crippen LogP contribution in [-0.4, -0.2) is 15.7 Å². The summed E-state index contributed by atoms with van der Waals surface area (Å²) in [5.74, 6) is -0.0729. The van der Waals surface area contributed by atoms with Gasteiger partial charge in [0.25, 0.3) is 5.91 Å². The molecular formula is C30H26N4O2. The van der Waals surface area contributed by atoms with E-state index >= 15 is 0 Å². The van der Waals surface area contributed by atoms with Gasteiger partial charge in [0, 0.05) is 59.1 Å². The molecule has 6 heteroatoms. The van der Waals surface area contributed by atoms with Crippen LogP contribution in [0, 0.1) is 13.8 Å². The fraction of sp³-hybridized carbons (Fsp3) is 0.200. The second-order valence-electron chi connectivity index (χ2n) is 9.83. The molecule has 7 rings (SSSR count). The predicted octanol–water partition coefficient (Wildman–Crippen LogP) is 5.57. The van der Waals surface area contributed by atoms with Crippen LogP contribution in [0.2, 0.25) is 0 Å². The summed E-state index contributed by atoms with van der Waals surface area (Å²) in [7, 11) is 0. The predicted molar refractivity (Wildman–Crippen MR) is 141 cm³/mol. The molecule has 6 aromatic rings. The third-order valence-electron chi connectivity index (χ3n) is 7.65. The maximum atomic E-state index is 13.2. The molecule has 0 unspecified atom stereocenters. The number of hydrogen-bond acceptors (Lipinski definition) is 4. The van der Waals surface area contributed by atoms with Crippen molar-refractivity contribution in [3.8, 4) is 0 Å². The number of nitrogens with zero attached hydrogens (tertiary/aromatic N) is 2. The summed E-state index contributed by atoms with van der Waals surface area (Å²) < 4.78 is 8.12. The lowest BCUT2D eigenvalue weighted by Crippen LogP contribution is -2.24. The van der Waals surface area contributed by atoms with E-state index in [1.165, 1.54) is 27.8 Å². The summed E-state index contributed by atoms with van der Waals surface area (Å²) in [5.41, 5.74) is 9.98. The van der Waals surface area contributed by atoms with Crippen LogP contribution in [0.4, 0.5) is 0 Å². The van der Waals surface area contributed by atoms with Crippen LogP contribution in [0.25, 0.3) is 32.7 Å². The molecular weight excluding hydrogens is 448 g/mol. The zero-order chi connectivity index (χ0) is 24.4. The number of aromatic nitrogens is 2. The molecule has 36 heavy (non-hydrogen) atoms. The summed E-state index contributed by atoms with van der Waals surface area (Å²) in [4.78, 5) is 13.2. The lowest BCUT2D eigenvalue weighted by molar-refractivity contribution is 0.0951. The smallest absolute Gasteiger partial charge is 0.251 e. The molecule has 0 saturated carbocycles. The minimum absolute atomic E-state index is 0.0729. The van der Waals surface area contributed by atoms with E-state index in [9.17, 15) is 4.79 Å². The molecule has 1 aliphatic rings. The molecule has 0 fully saturated rings. The first-order valence-electron chi connectivity index (χ1n) is 12.3. The zero-order valence-corrected chi connectivity index (χ0v) is 20.3. The van der Waals surface area contributed by atoms with E-state index in [0.29, 0.717) is 18.7 Å². The molecule has 0 saturated heterocycles. The number of hydrogen-bond donors (Lipinski definition) is 2. The Balaban J connectivity index is 1.19. The first kappa shape index (κ1) is 21.1. The van der Waals surface area contributed by atoms with E-state index in [1.807, 2.05) is 35.1 Å². The molecule has 2 bridgehead atoms. The Morgan fingerprint density at radius 2 is 1.83 bits per heavy atom. The molecule has 1 amide bonds. The van der Waals surface area contributed by atoms with Crippen molar-refractivity contribution in [2.24, 2.45) is 0 Å². The van der Waals surface area contributed by atoms with Crippen LogP contribution < -0.4 is 10.6 Å². The lowest BCUT2D eigenvalue weighted by Gasteiger charge is -2.15. The number of aryl methyl sites for hydroxylation is 1. The summed E-state index contributed by atoms with van der Waals surface area (Å²) in [6, 6.07) is 16.4. The molecule has 0 radical (unpaired) electrons. The largest absolute Gasteiger partial charge is 0.455 e. The Kier molecular flexibility index (Phi) is 4.66. The molecule has 0 atom stereocenters. The van der Waals surface area contributed by atoms with Gasteiger partial charge in [0.15, 0.2) is 0 Å². The van der Waals surface area contributed by atoms with Crippen LogP contribution in [0.3, 0.4) is 0 Å². The molecule has 3 aromatic heterocycles. The Bertz CT molecular complexity index is 1780. The normalized spacial score (nSPS) is 13.3. The van der Waals surface area contributed by atoms with Gasteiger partial charge in [-0.25, -0.2) is 0 Å². The van der Waals surface area contributed by atoms with Gasteiger partial charge in [-0.05, 0) is 77.6 Å². The summed E-state index contributed by atoms with van der Waals surface area (Å²) in [5, 5.41) is 15.1. The van der Waals surface area contributed by atoms with Crippen LogP contribution in [0.5, 0.6) is 0 Å². The van der Waals surface area contributed by atoms with Gasteiger partial charge in [-0.2, -0.15) is 5.10 Å². The fourth-order valence-corrected chi connectivity index (χ4v) is 5.76. The highest BCUT2D eigenvalue weighted by molar-refractivity contribution is 6.25. The highest BCUT2D eigenvalue weighted by Crippen LogP contribution is 2.41. The summed E-state index contributed by atoms with van der Waals surface area (Å²) in [6.45, 7) is 7.33. The van der Waals surface area contributed by atoms with Crippen LogP contribution >= 0.6 is 0 Å². The zero-order valence-electron chi connectivity index (χ0n) is 20.3. The van der Waals surface area contributed by atoms with E-state index in [-0.39, 0.29) is 5.91 Å². The Labute approximate surface area is 208 Å². The van der Waals surface area contributed by atoms with Gasteiger partial charge >= 0.3 is 0 Å². The molecule has 0 aliphatic carbocycles.